The third-order valence-electron chi connectivity index (χ3n) is 3.17. The van der Waals surface area contributed by atoms with E-state index in [4.69, 9.17) is 4.74 Å². The first-order chi connectivity index (χ1) is 9.49. The second kappa shape index (κ2) is 6.04. The monoisotopic (exact) mass is 270 g/mol. The standard InChI is InChI=1S/C17H22N2O/c1-11(2)6-15-10-18-16(9-17(15)20-5)14-7-12(3)19-13(4)8-14/h7-11H,6H2,1-5H3. The van der Waals surface area contributed by atoms with E-state index in [0.717, 1.165) is 40.4 Å². The quantitative estimate of drug-likeness (QED) is 0.843. The lowest BCUT2D eigenvalue weighted by molar-refractivity contribution is 0.406. The van der Waals surface area contributed by atoms with Gasteiger partial charge in [0.2, 0.25) is 0 Å². The largest absolute Gasteiger partial charge is 0.496 e. The molecule has 0 saturated heterocycles. The molecule has 0 atom stereocenters. The lowest BCUT2D eigenvalue weighted by atomic mass is 10.0. The molecule has 0 radical (unpaired) electrons. The van der Waals surface area contributed by atoms with E-state index in [0.29, 0.717) is 5.92 Å². The van der Waals surface area contributed by atoms with Crippen LogP contribution in [-0.4, -0.2) is 17.1 Å². The summed E-state index contributed by atoms with van der Waals surface area (Å²) in [5, 5.41) is 0. The summed E-state index contributed by atoms with van der Waals surface area (Å²) in [6.45, 7) is 8.40. The molecule has 0 bridgehead atoms. The molecule has 2 heterocycles. The van der Waals surface area contributed by atoms with Crippen LogP contribution >= 0.6 is 0 Å². The molecule has 3 heteroatoms. The molecule has 2 aromatic rings. The Balaban J connectivity index is 2.43. The Morgan fingerprint density at radius 1 is 1.10 bits per heavy atom. The maximum atomic E-state index is 5.51. The lowest BCUT2D eigenvalue weighted by Gasteiger charge is -2.12. The molecule has 0 saturated carbocycles. The van der Waals surface area contributed by atoms with E-state index < -0.39 is 0 Å². The number of hydrogen-bond acceptors (Lipinski definition) is 3. The van der Waals surface area contributed by atoms with Gasteiger partial charge in [0, 0.05) is 34.8 Å². The average Bonchev–Trinajstić information content (AvgIpc) is 2.37. The Labute approximate surface area is 121 Å². The van der Waals surface area contributed by atoms with Gasteiger partial charge in [0.1, 0.15) is 5.75 Å². The molecule has 0 amide bonds. The molecule has 2 aromatic heterocycles. The lowest BCUT2D eigenvalue weighted by Crippen LogP contribution is -2.00. The summed E-state index contributed by atoms with van der Waals surface area (Å²) >= 11 is 0. The highest BCUT2D eigenvalue weighted by Gasteiger charge is 2.09. The zero-order valence-corrected chi connectivity index (χ0v) is 12.9. The zero-order chi connectivity index (χ0) is 14.7. The molecule has 2 rings (SSSR count). The van der Waals surface area contributed by atoms with Gasteiger partial charge in [-0.15, -0.1) is 0 Å². The number of nitrogens with zero attached hydrogens (tertiary/aromatic N) is 2. The van der Waals surface area contributed by atoms with Crippen molar-refractivity contribution in [2.45, 2.75) is 34.1 Å². The van der Waals surface area contributed by atoms with Crippen LogP contribution in [0.2, 0.25) is 0 Å². The molecule has 0 unspecified atom stereocenters. The summed E-state index contributed by atoms with van der Waals surface area (Å²) in [6.07, 6.45) is 2.91. The third-order valence-corrected chi connectivity index (χ3v) is 3.17. The second-order valence-electron chi connectivity index (χ2n) is 5.62. The van der Waals surface area contributed by atoms with Crippen molar-refractivity contribution in [1.29, 1.82) is 0 Å². The molecular formula is C17H22N2O. The number of aromatic nitrogens is 2. The minimum atomic E-state index is 0.585. The van der Waals surface area contributed by atoms with Gasteiger partial charge in [-0.3, -0.25) is 9.97 Å². The molecule has 0 fully saturated rings. The Kier molecular flexibility index (Phi) is 4.38. The first-order valence-electron chi connectivity index (χ1n) is 6.98. The van der Waals surface area contributed by atoms with Crippen molar-refractivity contribution in [1.82, 2.24) is 9.97 Å². The highest BCUT2D eigenvalue weighted by molar-refractivity contribution is 5.62. The first kappa shape index (κ1) is 14.5. The predicted molar refractivity (Wildman–Crippen MR) is 82.0 cm³/mol. The number of hydrogen-bond donors (Lipinski definition) is 0. The minimum Gasteiger partial charge on any atom is -0.496 e. The Bertz CT molecular complexity index is 586. The molecule has 3 nitrogen and oxygen atoms in total. The molecule has 0 spiro atoms. The number of rotatable bonds is 4. The summed E-state index contributed by atoms with van der Waals surface area (Å²) in [5.74, 6) is 1.50. The van der Waals surface area contributed by atoms with Gasteiger partial charge in [0.25, 0.3) is 0 Å². The van der Waals surface area contributed by atoms with Crippen molar-refractivity contribution in [3.05, 3.63) is 41.3 Å². The van der Waals surface area contributed by atoms with Crippen LogP contribution in [0.4, 0.5) is 0 Å². The van der Waals surface area contributed by atoms with E-state index in [9.17, 15) is 0 Å². The van der Waals surface area contributed by atoms with Crippen LogP contribution in [0.25, 0.3) is 11.3 Å². The molecular weight excluding hydrogens is 248 g/mol. The average molecular weight is 270 g/mol. The van der Waals surface area contributed by atoms with Gasteiger partial charge < -0.3 is 4.74 Å². The van der Waals surface area contributed by atoms with Crippen molar-refractivity contribution in [2.75, 3.05) is 7.11 Å². The highest BCUT2D eigenvalue weighted by Crippen LogP contribution is 2.27. The fraction of sp³-hybridized carbons (Fsp3) is 0.412. The van der Waals surface area contributed by atoms with E-state index in [1.54, 1.807) is 7.11 Å². The van der Waals surface area contributed by atoms with Crippen LogP contribution < -0.4 is 4.74 Å². The van der Waals surface area contributed by atoms with Gasteiger partial charge in [-0.1, -0.05) is 13.8 Å². The maximum absolute atomic E-state index is 5.51. The van der Waals surface area contributed by atoms with Crippen molar-refractivity contribution in [3.63, 3.8) is 0 Å². The minimum absolute atomic E-state index is 0.585. The number of ether oxygens (including phenoxy) is 1. The van der Waals surface area contributed by atoms with Gasteiger partial charge in [-0.25, -0.2) is 0 Å². The van der Waals surface area contributed by atoms with Gasteiger partial charge in [0.15, 0.2) is 0 Å². The maximum Gasteiger partial charge on any atom is 0.125 e. The predicted octanol–water partition coefficient (Wildman–Crippen LogP) is 3.97. The summed E-state index contributed by atoms with van der Waals surface area (Å²) in [5.41, 5.74) is 5.19. The number of aryl methyl sites for hydroxylation is 2. The molecule has 0 aliphatic rings. The smallest absolute Gasteiger partial charge is 0.125 e. The Morgan fingerprint density at radius 2 is 1.75 bits per heavy atom. The summed E-state index contributed by atoms with van der Waals surface area (Å²) in [6, 6.07) is 6.12. The first-order valence-corrected chi connectivity index (χ1v) is 6.98. The number of methoxy groups -OCH3 is 1. The Hall–Kier alpha value is -1.90. The van der Waals surface area contributed by atoms with Gasteiger partial charge >= 0.3 is 0 Å². The van der Waals surface area contributed by atoms with Gasteiger partial charge in [-0.2, -0.15) is 0 Å². The van der Waals surface area contributed by atoms with Crippen molar-refractivity contribution >= 4 is 0 Å². The Morgan fingerprint density at radius 3 is 2.30 bits per heavy atom. The van der Waals surface area contributed by atoms with Crippen LogP contribution in [0.15, 0.2) is 24.4 Å². The van der Waals surface area contributed by atoms with Crippen LogP contribution in [0, 0.1) is 19.8 Å². The van der Waals surface area contributed by atoms with Crippen LogP contribution in [0.3, 0.4) is 0 Å². The number of pyridine rings is 2. The molecule has 106 valence electrons. The van der Waals surface area contributed by atoms with Crippen molar-refractivity contribution in [3.8, 4) is 17.0 Å². The van der Waals surface area contributed by atoms with Crippen LogP contribution in [0.5, 0.6) is 5.75 Å². The second-order valence-corrected chi connectivity index (χ2v) is 5.62. The van der Waals surface area contributed by atoms with Crippen molar-refractivity contribution in [2.24, 2.45) is 5.92 Å². The highest BCUT2D eigenvalue weighted by atomic mass is 16.5. The van der Waals surface area contributed by atoms with Crippen LogP contribution in [-0.2, 0) is 6.42 Å². The molecule has 20 heavy (non-hydrogen) atoms. The zero-order valence-electron chi connectivity index (χ0n) is 12.9. The van der Waals surface area contributed by atoms with E-state index in [1.807, 2.05) is 26.1 Å². The third kappa shape index (κ3) is 3.35. The molecule has 0 aromatic carbocycles. The topological polar surface area (TPSA) is 35.0 Å². The normalized spacial score (nSPS) is 10.9. The van der Waals surface area contributed by atoms with E-state index in [2.05, 4.69) is 35.9 Å². The van der Waals surface area contributed by atoms with E-state index in [-0.39, 0.29) is 0 Å². The molecule has 0 aliphatic heterocycles. The van der Waals surface area contributed by atoms with Crippen LogP contribution in [0.1, 0.15) is 30.8 Å². The van der Waals surface area contributed by atoms with E-state index in [1.165, 1.54) is 0 Å². The summed E-state index contributed by atoms with van der Waals surface area (Å²) < 4.78 is 5.51. The molecule has 0 aliphatic carbocycles. The van der Waals surface area contributed by atoms with E-state index >= 15 is 0 Å². The fourth-order valence-electron chi connectivity index (χ4n) is 2.39. The summed E-state index contributed by atoms with van der Waals surface area (Å²) in [7, 11) is 1.71. The van der Waals surface area contributed by atoms with Crippen molar-refractivity contribution < 1.29 is 4.74 Å². The SMILES string of the molecule is COc1cc(-c2cc(C)nc(C)c2)ncc1CC(C)C. The summed E-state index contributed by atoms with van der Waals surface area (Å²) in [4.78, 5) is 8.99. The fourth-order valence-corrected chi connectivity index (χ4v) is 2.39. The molecule has 0 N–H and O–H groups in total. The van der Waals surface area contributed by atoms with Gasteiger partial charge in [-0.05, 0) is 38.3 Å². The van der Waals surface area contributed by atoms with Gasteiger partial charge in [0.05, 0.1) is 12.8 Å².